The Morgan fingerprint density at radius 2 is 2.00 bits per heavy atom. The summed E-state index contributed by atoms with van der Waals surface area (Å²) in [4.78, 5) is 5.09. The molecular formula is C20H22ClNO4S. The van der Waals surface area contributed by atoms with Crippen molar-refractivity contribution in [2.24, 2.45) is 5.92 Å². The lowest BCUT2D eigenvalue weighted by Crippen LogP contribution is -2.57. The molecule has 1 aromatic carbocycles. The maximum Gasteiger partial charge on any atom is 0.184 e. The van der Waals surface area contributed by atoms with Crippen molar-refractivity contribution in [2.75, 3.05) is 13.7 Å². The van der Waals surface area contributed by atoms with Gasteiger partial charge < -0.3 is 18.9 Å². The molecule has 0 saturated carbocycles. The third-order valence-corrected chi connectivity index (χ3v) is 6.26. The van der Waals surface area contributed by atoms with Gasteiger partial charge in [-0.15, -0.1) is 0 Å². The van der Waals surface area contributed by atoms with Crippen LogP contribution in [-0.2, 0) is 18.9 Å². The van der Waals surface area contributed by atoms with Gasteiger partial charge in [0.1, 0.15) is 11.5 Å². The maximum atomic E-state index is 6.31. The molecule has 2 aromatic rings. The van der Waals surface area contributed by atoms with Gasteiger partial charge in [0.15, 0.2) is 6.29 Å². The number of methoxy groups -OCH3 is 1. The van der Waals surface area contributed by atoms with Crippen LogP contribution in [0.25, 0.3) is 0 Å². The van der Waals surface area contributed by atoms with Gasteiger partial charge in [0, 0.05) is 35.9 Å². The van der Waals surface area contributed by atoms with E-state index in [1.807, 2.05) is 36.4 Å². The van der Waals surface area contributed by atoms with Gasteiger partial charge in [-0.2, -0.15) is 0 Å². The number of halogens is 1. The number of nitrogens with zero attached hydrogens (tertiary/aromatic N) is 1. The fraction of sp³-hybridized carbons (Fsp3) is 0.450. The summed E-state index contributed by atoms with van der Waals surface area (Å²) in [5.74, 6) is 0.147. The van der Waals surface area contributed by atoms with E-state index in [1.54, 1.807) is 31.3 Å². The van der Waals surface area contributed by atoms with E-state index >= 15 is 0 Å². The number of thioether (sulfide) groups is 1. The summed E-state index contributed by atoms with van der Waals surface area (Å²) in [5.41, 5.74) is 0.825. The van der Waals surface area contributed by atoms with Crippen LogP contribution in [0.5, 0.6) is 0 Å². The van der Waals surface area contributed by atoms with Gasteiger partial charge in [0.2, 0.25) is 0 Å². The van der Waals surface area contributed by atoms with Crippen LogP contribution in [0.15, 0.2) is 53.7 Å². The molecule has 2 aliphatic rings. The SMILES string of the molecule is COC1C(C)[C@H]2OC(c3ccccc3)OCC2O[C@@H]1Sc1cncc(Cl)c1. The van der Waals surface area contributed by atoms with Crippen molar-refractivity contribution in [3.05, 3.63) is 59.4 Å². The van der Waals surface area contributed by atoms with E-state index in [0.29, 0.717) is 11.6 Å². The van der Waals surface area contributed by atoms with Gasteiger partial charge in [-0.25, -0.2) is 0 Å². The number of hydrogen-bond donors (Lipinski definition) is 0. The monoisotopic (exact) mass is 407 g/mol. The molecule has 2 fully saturated rings. The van der Waals surface area contributed by atoms with E-state index in [0.717, 1.165) is 10.5 Å². The average molecular weight is 408 g/mol. The van der Waals surface area contributed by atoms with E-state index in [2.05, 4.69) is 11.9 Å². The lowest BCUT2D eigenvalue weighted by atomic mass is 9.90. The minimum atomic E-state index is -0.377. The average Bonchev–Trinajstić information content (AvgIpc) is 2.69. The second-order valence-electron chi connectivity index (χ2n) is 6.74. The van der Waals surface area contributed by atoms with E-state index in [1.165, 1.54) is 0 Å². The van der Waals surface area contributed by atoms with E-state index in [-0.39, 0.29) is 36.0 Å². The molecule has 0 bridgehead atoms. The lowest BCUT2D eigenvalue weighted by Gasteiger charge is -2.48. The summed E-state index contributed by atoms with van der Waals surface area (Å²) in [7, 11) is 1.71. The Balaban J connectivity index is 1.49. The summed E-state index contributed by atoms with van der Waals surface area (Å²) < 4.78 is 24.3. The summed E-state index contributed by atoms with van der Waals surface area (Å²) >= 11 is 7.62. The Morgan fingerprint density at radius 1 is 1.19 bits per heavy atom. The van der Waals surface area contributed by atoms with Gasteiger partial charge in [-0.3, -0.25) is 4.98 Å². The van der Waals surface area contributed by atoms with Crippen LogP contribution in [0.2, 0.25) is 5.02 Å². The van der Waals surface area contributed by atoms with Crippen molar-refractivity contribution in [1.29, 1.82) is 0 Å². The van der Waals surface area contributed by atoms with E-state index < -0.39 is 0 Å². The molecule has 4 unspecified atom stereocenters. The van der Waals surface area contributed by atoms with Crippen LogP contribution < -0.4 is 0 Å². The first-order chi connectivity index (χ1) is 13.2. The summed E-state index contributed by atoms with van der Waals surface area (Å²) in [6.07, 6.45) is 2.66. The van der Waals surface area contributed by atoms with Crippen molar-refractivity contribution in [2.45, 2.75) is 41.9 Å². The first-order valence-corrected chi connectivity index (χ1v) is 10.2. The molecule has 0 radical (unpaired) electrons. The van der Waals surface area contributed by atoms with Crippen molar-refractivity contribution >= 4 is 23.4 Å². The molecule has 1 aromatic heterocycles. The molecule has 5 nitrogen and oxygen atoms in total. The van der Waals surface area contributed by atoms with Gasteiger partial charge in [-0.1, -0.05) is 60.6 Å². The molecule has 0 spiro atoms. The number of ether oxygens (including phenoxy) is 4. The lowest BCUT2D eigenvalue weighted by molar-refractivity contribution is -0.309. The van der Waals surface area contributed by atoms with Crippen molar-refractivity contribution in [3.63, 3.8) is 0 Å². The first kappa shape index (κ1) is 19.2. The highest BCUT2D eigenvalue weighted by molar-refractivity contribution is 7.99. The Labute approximate surface area is 168 Å². The van der Waals surface area contributed by atoms with Gasteiger partial charge >= 0.3 is 0 Å². The molecule has 0 N–H and O–H groups in total. The molecule has 7 heteroatoms. The quantitative estimate of drug-likeness (QED) is 0.752. The Bertz CT molecular complexity index is 765. The highest BCUT2D eigenvalue weighted by atomic mass is 35.5. The third kappa shape index (κ3) is 4.16. The summed E-state index contributed by atoms with van der Waals surface area (Å²) in [6, 6.07) is 11.9. The Hall–Kier alpha value is -1.15. The molecule has 4 rings (SSSR count). The van der Waals surface area contributed by atoms with Gasteiger partial charge in [0.25, 0.3) is 0 Å². The van der Waals surface area contributed by atoms with E-state index in [9.17, 15) is 0 Å². The van der Waals surface area contributed by atoms with E-state index in [4.69, 9.17) is 30.5 Å². The predicted molar refractivity (Wildman–Crippen MR) is 104 cm³/mol. The van der Waals surface area contributed by atoms with Crippen LogP contribution in [-0.4, -0.2) is 42.4 Å². The Kier molecular flexibility index (Phi) is 6.02. The minimum absolute atomic E-state index is 0.0942. The van der Waals surface area contributed by atoms with Crippen molar-refractivity contribution < 1.29 is 18.9 Å². The van der Waals surface area contributed by atoms with Gasteiger partial charge in [0.05, 0.1) is 23.8 Å². The third-order valence-electron chi connectivity index (χ3n) is 4.95. The number of fused-ring (bicyclic) bond motifs is 1. The molecule has 0 amide bonds. The maximum absolute atomic E-state index is 6.31. The zero-order valence-electron chi connectivity index (χ0n) is 15.2. The normalized spacial score (nSPS) is 33.4. The number of hydrogen-bond acceptors (Lipinski definition) is 6. The second kappa shape index (κ2) is 8.47. The van der Waals surface area contributed by atoms with Crippen LogP contribution in [0.4, 0.5) is 0 Å². The molecule has 27 heavy (non-hydrogen) atoms. The fourth-order valence-corrected chi connectivity index (χ4v) is 5.12. The molecule has 3 heterocycles. The largest absolute Gasteiger partial charge is 0.377 e. The van der Waals surface area contributed by atoms with Crippen LogP contribution >= 0.6 is 23.4 Å². The minimum Gasteiger partial charge on any atom is -0.377 e. The van der Waals surface area contributed by atoms with Crippen LogP contribution in [0.3, 0.4) is 0 Å². The smallest absolute Gasteiger partial charge is 0.184 e. The summed E-state index contributed by atoms with van der Waals surface area (Å²) in [5, 5.41) is 0.603. The van der Waals surface area contributed by atoms with Crippen molar-refractivity contribution in [3.8, 4) is 0 Å². The number of aromatic nitrogens is 1. The number of pyridine rings is 1. The van der Waals surface area contributed by atoms with Crippen molar-refractivity contribution in [1.82, 2.24) is 4.98 Å². The summed E-state index contributed by atoms with van der Waals surface area (Å²) in [6.45, 7) is 2.63. The molecule has 144 valence electrons. The zero-order valence-corrected chi connectivity index (χ0v) is 16.7. The topological polar surface area (TPSA) is 49.8 Å². The Morgan fingerprint density at radius 3 is 2.74 bits per heavy atom. The first-order valence-electron chi connectivity index (χ1n) is 8.93. The van der Waals surface area contributed by atoms with Gasteiger partial charge in [-0.05, 0) is 6.07 Å². The second-order valence-corrected chi connectivity index (χ2v) is 8.34. The standard InChI is InChI=1S/C20H22ClNO4S/c1-12-17-16(11-24-19(26-17)13-6-4-3-5-7-13)25-20(18(12)23-2)27-15-8-14(21)9-22-10-15/h3-10,12,16-20H,11H2,1-2H3/t12?,16?,17-,18?,19?,20-/m1/s1. The molecular weight excluding hydrogens is 386 g/mol. The molecule has 2 saturated heterocycles. The highest BCUT2D eigenvalue weighted by Crippen LogP contribution is 2.42. The number of rotatable bonds is 4. The highest BCUT2D eigenvalue weighted by Gasteiger charge is 2.48. The van der Waals surface area contributed by atoms with Crippen LogP contribution in [0.1, 0.15) is 18.8 Å². The van der Waals surface area contributed by atoms with Crippen LogP contribution in [0, 0.1) is 5.92 Å². The predicted octanol–water partition coefficient (Wildman–Crippen LogP) is 4.32. The zero-order chi connectivity index (χ0) is 18.8. The molecule has 2 aliphatic heterocycles. The number of benzene rings is 1. The molecule has 6 atom stereocenters. The fourth-order valence-electron chi connectivity index (χ4n) is 3.61. The molecule has 0 aliphatic carbocycles.